The Balaban J connectivity index is 1.06. The highest BCUT2D eigenvalue weighted by Gasteiger charge is 2.67. The Kier molecular flexibility index (Phi) is 5.00. The van der Waals surface area contributed by atoms with Gasteiger partial charge in [0, 0.05) is 18.7 Å². The van der Waals surface area contributed by atoms with Crippen molar-refractivity contribution < 1.29 is 23.9 Å². The van der Waals surface area contributed by atoms with Crippen molar-refractivity contribution >= 4 is 35.1 Å². The van der Waals surface area contributed by atoms with E-state index in [0.29, 0.717) is 28.8 Å². The fraction of sp³-hybridized carbons (Fsp3) is 0.419. The number of ether oxygens (including phenoxy) is 1. The maximum absolute atomic E-state index is 13.5. The smallest absolute Gasteiger partial charge is 0.316 e. The summed E-state index contributed by atoms with van der Waals surface area (Å²) in [6.07, 6.45) is 5.56. The van der Waals surface area contributed by atoms with Crippen molar-refractivity contribution in [2.24, 2.45) is 41.4 Å². The lowest BCUT2D eigenvalue weighted by Crippen LogP contribution is -2.40. The van der Waals surface area contributed by atoms with E-state index in [4.69, 9.17) is 4.74 Å². The van der Waals surface area contributed by atoms with E-state index in [0.717, 1.165) is 23.2 Å². The van der Waals surface area contributed by atoms with Gasteiger partial charge in [-0.25, -0.2) is 4.90 Å². The molecule has 0 spiro atoms. The Morgan fingerprint density at radius 1 is 0.868 bits per heavy atom. The second-order valence-electron chi connectivity index (χ2n) is 11.8. The molecule has 2 saturated carbocycles. The van der Waals surface area contributed by atoms with Crippen molar-refractivity contribution in [2.45, 2.75) is 33.6 Å². The molecule has 2 aromatic rings. The zero-order valence-corrected chi connectivity index (χ0v) is 21.7. The third kappa shape index (κ3) is 3.40. The molecular weight excluding hydrogens is 480 g/mol. The molecule has 0 aromatic heterocycles. The molecule has 38 heavy (non-hydrogen) atoms. The maximum atomic E-state index is 13.5. The average molecular weight is 511 g/mol. The van der Waals surface area contributed by atoms with Crippen LogP contribution >= 0.6 is 0 Å². The number of esters is 1. The van der Waals surface area contributed by atoms with Crippen LogP contribution in [0.4, 0.5) is 11.4 Å². The Bertz CT molecular complexity index is 1400. The number of rotatable bonds is 4. The lowest BCUT2D eigenvalue weighted by molar-refractivity contribution is -0.139. The molecule has 0 radical (unpaired) electrons. The molecule has 6 aliphatic rings. The molecular formula is C31H30N2O5. The predicted molar refractivity (Wildman–Crippen MR) is 140 cm³/mol. The van der Waals surface area contributed by atoms with E-state index >= 15 is 0 Å². The van der Waals surface area contributed by atoms with Crippen LogP contribution in [-0.2, 0) is 19.2 Å². The molecule has 2 aromatic carbocycles. The van der Waals surface area contributed by atoms with Gasteiger partial charge in [0.25, 0.3) is 0 Å². The van der Waals surface area contributed by atoms with Crippen LogP contribution in [-0.4, -0.2) is 30.2 Å². The molecule has 8 rings (SSSR count). The topological polar surface area (TPSA) is 84.0 Å². The average Bonchev–Trinajstić information content (AvgIpc) is 3.54. The Morgan fingerprint density at radius 3 is 2.11 bits per heavy atom. The first-order chi connectivity index (χ1) is 18.2. The van der Waals surface area contributed by atoms with Crippen LogP contribution in [0.2, 0.25) is 0 Å². The predicted octanol–water partition coefficient (Wildman–Crippen LogP) is 4.13. The minimum atomic E-state index is -0.567. The van der Waals surface area contributed by atoms with Gasteiger partial charge in [0.15, 0.2) is 0 Å². The number of nitrogens with zero attached hydrogens (tertiary/aromatic N) is 2. The highest BCUT2D eigenvalue weighted by Crippen LogP contribution is 2.65. The molecule has 0 unspecified atom stereocenters. The number of allylic oxidation sites excluding steroid dienone is 2. The zero-order chi connectivity index (χ0) is 26.5. The van der Waals surface area contributed by atoms with E-state index in [2.05, 4.69) is 12.2 Å². The van der Waals surface area contributed by atoms with Crippen molar-refractivity contribution in [3.8, 4) is 5.75 Å². The minimum absolute atomic E-state index is 0.0980. The zero-order valence-electron chi connectivity index (χ0n) is 21.7. The standard InChI is InChI=1S/C31H30N2O5/c1-15-8-16(2)10-19(9-15)32-14-18(12-26(32)34)31(37)38-20-4-7-25(17(3)11-20)33-29(35)27-21-5-6-22(24-13-23(21)24)28(27)30(33)36/h4-11,18,21-24,27-28H,12-14H2,1-3H3/t18-,21+,22+,23+,24+,27-,28+/m1/s1. The summed E-state index contributed by atoms with van der Waals surface area (Å²) < 4.78 is 5.67. The van der Waals surface area contributed by atoms with Crippen LogP contribution in [0, 0.1) is 62.2 Å². The summed E-state index contributed by atoms with van der Waals surface area (Å²) in [6, 6.07) is 11.0. The number of carbonyl (C=O) groups is 4. The summed E-state index contributed by atoms with van der Waals surface area (Å²) in [5.74, 6) is -0.0354. The van der Waals surface area contributed by atoms with Crippen LogP contribution in [0.15, 0.2) is 48.6 Å². The second kappa shape index (κ2) is 8.13. The molecule has 7 nitrogen and oxygen atoms in total. The van der Waals surface area contributed by atoms with E-state index < -0.39 is 11.9 Å². The van der Waals surface area contributed by atoms with E-state index in [1.165, 1.54) is 4.90 Å². The van der Waals surface area contributed by atoms with Crippen molar-refractivity contribution in [2.75, 3.05) is 16.3 Å². The Labute approximate surface area is 221 Å². The number of hydrogen-bond acceptors (Lipinski definition) is 5. The van der Waals surface area contributed by atoms with Crippen LogP contribution < -0.4 is 14.5 Å². The monoisotopic (exact) mass is 510 g/mol. The molecule has 7 heteroatoms. The number of hydrogen-bond donors (Lipinski definition) is 0. The highest BCUT2D eigenvalue weighted by molar-refractivity contribution is 6.23. The fourth-order valence-electron chi connectivity index (χ4n) is 7.56. The normalized spacial score (nSPS) is 32.6. The molecule has 3 amide bonds. The number of carbonyl (C=O) groups excluding carboxylic acids is 4. The molecule has 4 fully saturated rings. The van der Waals surface area contributed by atoms with E-state index in [9.17, 15) is 19.2 Å². The largest absolute Gasteiger partial charge is 0.426 e. The molecule has 2 saturated heterocycles. The number of aryl methyl sites for hydroxylation is 3. The molecule has 7 atom stereocenters. The Morgan fingerprint density at radius 2 is 1.50 bits per heavy atom. The minimum Gasteiger partial charge on any atom is -0.426 e. The summed E-state index contributed by atoms with van der Waals surface area (Å²) in [7, 11) is 0. The van der Waals surface area contributed by atoms with Gasteiger partial charge in [-0.3, -0.25) is 19.2 Å². The summed E-state index contributed by atoms with van der Waals surface area (Å²) in [5, 5.41) is 0. The van der Waals surface area contributed by atoms with Crippen LogP contribution in [0.5, 0.6) is 5.75 Å². The first kappa shape index (κ1) is 23.4. The van der Waals surface area contributed by atoms with Gasteiger partial charge in [0.2, 0.25) is 17.7 Å². The van der Waals surface area contributed by atoms with Crippen molar-refractivity contribution in [3.63, 3.8) is 0 Å². The maximum Gasteiger partial charge on any atom is 0.316 e. The molecule has 2 heterocycles. The van der Waals surface area contributed by atoms with Gasteiger partial charge in [-0.2, -0.15) is 0 Å². The number of imide groups is 1. The molecule has 194 valence electrons. The van der Waals surface area contributed by atoms with Gasteiger partial charge in [0.05, 0.1) is 23.4 Å². The van der Waals surface area contributed by atoms with E-state index in [1.807, 2.05) is 39.0 Å². The third-order valence-electron chi connectivity index (χ3n) is 9.27. The van der Waals surface area contributed by atoms with Crippen LogP contribution in [0.3, 0.4) is 0 Å². The number of benzene rings is 2. The molecule has 4 aliphatic carbocycles. The third-order valence-corrected chi connectivity index (χ3v) is 9.27. The van der Waals surface area contributed by atoms with Crippen LogP contribution in [0.1, 0.15) is 29.5 Å². The first-order valence-electron chi connectivity index (χ1n) is 13.5. The van der Waals surface area contributed by atoms with E-state index in [1.54, 1.807) is 23.1 Å². The molecule has 2 bridgehead atoms. The van der Waals surface area contributed by atoms with Gasteiger partial charge in [0.1, 0.15) is 5.75 Å². The van der Waals surface area contributed by atoms with Gasteiger partial charge < -0.3 is 9.64 Å². The van der Waals surface area contributed by atoms with Gasteiger partial charge >= 0.3 is 5.97 Å². The Hall–Kier alpha value is -3.74. The van der Waals surface area contributed by atoms with Crippen LogP contribution in [0.25, 0.3) is 0 Å². The summed E-state index contributed by atoms with van der Waals surface area (Å²) in [5.41, 5.74) is 4.16. The summed E-state index contributed by atoms with van der Waals surface area (Å²) >= 11 is 0. The molecule has 0 N–H and O–H groups in total. The summed E-state index contributed by atoms with van der Waals surface area (Å²) in [6.45, 7) is 6.06. The van der Waals surface area contributed by atoms with Crippen molar-refractivity contribution in [3.05, 3.63) is 65.2 Å². The summed E-state index contributed by atoms with van der Waals surface area (Å²) in [4.78, 5) is 55.6. The quantitative estimate of drug-likeness (QED) is 0.267. The second-order valence-corrected chi connectivity index (χ2v) is 11.8. The SMILES string of the molecule is Cc1cc(C)cc(N2C[C@H](C(=O)Oc3ccc(N4C(=O)[C@@H]5[C@H]6C=C[C@@H]([C@@H]7C[C@@H]67)[C@@H]5C4=O)c(C)c3)CC2=O)c1. The van der Waals surface area contributed by atoms with Crippen molar-refractivity contribution in [1.29, 1.82) is 0 Å². The molecule has 2 aliphatic heterocycles. The van der Waals surface area contributed by atoms with Crippen molar-refractivity contribution in [1.82, 2.24) is 0 Å². The van der Waals surface area contributed by atoms with Gasteiger partial charge in [-0.15, -0.1) is 0 Å². The van der Waals surface area contributed by atoms with E-state index in [-0.39, 0.29) is 54.4 Å². The van der Waals surface area contributed by atoms with Gasteiger partial charge in [-0.05, 0) is 97.9 Å². The highest BCUT2D eigenvalue weighted by atomic mass is 16.5. The number of anilines is 2. The lowest BCUT2D eigenvalue weighted by Gasteiger charge is -2.37. The first-order valence-corrected chi connectivity index (χ1v) is 13.5. The lowest BCUT2D eigenvalue weighted by atomic mass is 9.63. The number of amides is 3. The van der Waals surface area contributed by atoms with Gasteiger partial charge in [-0.1, -0.05) is 18.2 Å². The fourth-order valence-corrected chi connectivity index (χ4v) is 7.56.